The second kappa shape index (κ2) is 5.37. The van der Waals surface area contributed by atoms with Crippen LogP contribution in [-0.2, 0) is 10.0 Å². The van der Waals surface area contributed by atoms with Crippen LogP contribution < -0.4 is 4.72 Å². The van der Waals surface area contributed by atoms with Gasteiger partial charge in [-0.05, 0) is 18.2 Å². The number of rotatable bonds is 4. The molecule has 2 aromatic carbocycles. The van der Waals surface area contributed by atoms with Gasteiger partial charge in [0.25, 0.3) is 15.7 Å². The van der Waals surface area contributed by atoms with Gasteiger partial charge in [-0.1, -0.05) is 6.07 Å². The standard InChI is InChI=1S/C12H9FN2O5S/c13-11-5-4-8(15(17)18)6-12(11)14-21(19,20)10-3-1-2-9(16)7-10/h1-7,14,16H. The Balaban J connectivity index is 2.41. The lowest BCUT2D eigenvalue weighted by atomic mass is 10.3. The highest BCUT2D eigenvalue weighted by atomic mass is 32.2. The minimum absolute atomic E-state index is 0.280. The predicted octanol–water partition coefficient (Wildman–Crippen LogP) is 2.24. The molecule has 0 amide bonds. The lowest BCUT2D eigenvalue weighted by Crippen LogP contribution is -2.14. The molecule has 0 aliphatic rings. The zero-order chi connectivity index (χ0) is 15.6. The minimum Gasteiger partial charge on any atom is -0.508 e. The first-order chi connectivity index (χ1) is 9.79. The molecule has 21 heavy (non-hydrogen) atoms. The minimum atomic E-state index is -4.17. The van der Waals surface area contributed by atoms with Crippen LogP contribution in [0.3, 0.4) is 0 Å². The maximum Gasteiger partial charge on any atom is 0.271 e. The summed E-state index contributed by atoms with van der Waals surface area (Å²) >= 11 is 0. The number of anilines is 1. The number of nitrogens with zero attached hydrogens (tertiary/aromatic N) is 1. The molecule has 7 nitrogen and oxygen atoms in total. The van der Waals surface area contributed by atoms with E-state index in [9.17, 15) is 28.0 Å². The Labute approximate surface area is 118 Å². The van der Waals surface area contributed by atoms with E-state index in [0.717, 1.165) is 24.3 Å². The molecule has 0 aliphatic carbocycles. The van der Waals surface area contributed by atoms with Crippen LogP contribution in [0.25, 0.3) is 0 Å². The van der Waals surface area contributed by atoms with Crippen molar-refractivity contribution >= 4 is 21.4 Å². The van der Waals surface area contributed by atoms with Crippen molar-refractivity contribution in [1.82, 2.24) is 0 Å². The number of nitrogens with one attached hydrogen (secondary N) is 1. The van der Waals surface area contributed by atoms with E-state index in [1.165, 1.54) is 18.2 Å². The van der Waals surface area contributed by atoms with Gasteiger partial charge in [0, 0.05) is 18.2 Å². The third kappa shape index (κ3) is 3.26. The zero-order valence-electron chi connectivity index (χ0n) is 10.4. The second-order valence-corrected chi connectivity index (χ2v) is 5.71. The average molecular weight is 312 g/mol. The maximum atomic E-state index is 13.6. The van der Waals surface area contributed by atoms with Crippen LogP contribution in [-0.4, -0.2) is 18.4 Å². The third-order valence-corrected chi connectivity index (χ3v) is 3.90. The number of nitro groups is 1. The molecule has 0 radical (unpaired) electrons. The van der Waals surface area contributed by atoms with Crippen molar-refractivity contribution in [3.8, 4) is 5.75 Å². The largest absolute Gasteiger partial charge is 0.508 e. The first-order valence-electron chi connectivity index (χ1n) is 5.55. The first-order valence-corrected chi connectivity index (χ1v) is 7.04. The van der Waals surface area contributed by atoms with Gasteiger partial charge < -0.3 is 5.11 Å². The Morgan fingerprint density at radius 1 is 1.19 bits per heavy atom. The van der Waals surface area contributed by atoms with E-state index in [0.29, 0.717) is 0 Å². The molecule has 2 rings (SSSR count). The molecule has 0 bridgehead atoms. The number of hydrogen-bond acceptors (Lipinski definition) is 5. The fourth-order valence-corrected chi connectivity index (χ4v) is 2.66. The monoisotopic (exact) mass is 312 g/mol. The molecule has 0 heterocycles. The lowest BCUT2D eigenvalue weighted by molar-refractivity contribution is -0.384. The van der Waals surface area contributed by atoms with E-state index in [1.54, 1.807) is 0 Å². The average Bonchev–Trinajstić information content (AvgIpc) is 2.41. The number of benzene rings is 2. The van der Waals surface area contributed by atoms with Crippen molar-refractivity contribution in [3.63, 3.8) is 0 Å². The van der Waals surface area contributed by atoms with Crippen LogP contribution in [0.4, 0.5) is 15.8 Å². The number of non-ortho nitro benzene ring substituents is 1. The molecule has 0 unspecified atom stereocenters. The summed E-state index contributed by atoms with van der Waals surface area (Å²) in [5.41, 5.74) is -1.00. The van der Waals surface area contributed by atoms with Crippen molar-refractivity contribution in [2.24, 2.45) is 0 Å². The highest BCUT2D eigenvalue weighted by Crippen LogP contribution is 2.25. The van der Waals surface area contributed by atoms with E-state index in [4.69, 9.17) is 0 Å². The molecule has 0 aromatic heterocycles. The van der Waals surface area contributed by atoms with Crippen LogP contribution in [0.5, 0.6) is 5.75 Å². The Hall–Kier alpha value is -2.68. The smallest absolute Gasteiger partial charge is 0.271 e. The summed E-state index contributed by atoms with van der Waals surface area (Å²) in [6.07, 6.45) is 0. The number of hydrogen-bond donors (Lipinski definition) is 2. The molecule has 0 atom stereocenters. The molecule has 0 saturated heterocycles. The highest BCUT2D eigenvalue weighted by molar-refractivity contribution is 7.92. The maximum absolute atomic E-state index is 13.6. The van der Waals surface area contributed by atoms with Gasteiger partial charge in [-0.15, -0.1) is 0 Å². The van der Waals surface area contributed by atoms with Crippen molar-refractivity contribution in [3.05, 3.63) is 58.4 Å². The van der Waals surface area contributed by atoms with Crippen molar-refractivity contribution in [2.45, 2.75) is 4.90 Å². The summed E-state index contributed by atoms with van der Waals surface area (Å²) in [6, 6.07) is 7.21. The Kier molecular flexibility index (Phi) is 3.76. The van der Waals surface area contributed by atoms with Crippen LogP contribution in [0.1, 0.15) is 0 Å². The third-order valence-electron chi connectivity index (χ3n) is 2.53. The zero-order valence-corrected chi connectivity index (χ0v) is 11.2. The Morgan fingerprint density at radius 2 is 1.90 bits per heavy atom. The van der Waals surface area contributed by atoms with Gasteiger partial charge in [-0.3, -0.25) is 14.8 Å². The second-order valence-electron chi connectivity index (χ2n) is 4.02. The Bertz CT molecular complexity index is 807. The summed E-state index contributed by atoms with van der Waals surface area (Å²) in [5.74, 6) is -1.23. The summed E-state index contributed by atoms with van der Waals surface area (Å²) in [7, 11) is -4.17. The molecule has 110 valence electrons. The van der Waals surface area contributed by atoms with E-state index in [1.807, 2.05) is 4.72 Å². The van der Waals surface area contributed by atoms with Crippen molar-refractivity contribution < 1.29 is 22.8 Å². The molecule has 0 fully saturated rings. The van der Waals surface area contributed by atoms with Gasteiger partial charge in [0.2, 0.25) is 0 Å². The van der Waals surface area contributed by atoms with E-state index in [-0.39, 0.29) is 10.6 Å². The lowest BCUT2D eigenvalue weighted by Gasteiger charge is -2.09. The highest BCUT2D eigenvalue weighted by Gasteiger charge is 2.19. The van der Waals surface area contributed by atoms with Gasteiger partial charge in [0.15, 0.2) is 0 Å². The fourth-order valence-electron chi connectivity index (χ4n) is 1.56. The molecule has 0 saturated carbocycles. The van der Waals surface area contributed by atoms with Crippen LogP contribution in [0, 0.1) is 15.9 Å². The molecule has 2 aromatic rings. The van der Waals surface area contributed by atoms with Crippen LogP contribution >= 0.6 is 0 Å². The van der Waals surface area contributed by atoms with E-state index < -0.39 is 32.1 Å². The summed E-state index contributed by atoms with van der Waals surface area (Å²) in [5, 5.41) is 19.9. The summed E-state index contributed by atoms with van der Waals surface area (Å²) in [6.45, 7) is 0. The quantitative estimate of drug-likeness (QED) is 0.664. The summed E-state index contributed by atoms with van der Waals surface area (Å²) in [4.78, 5) is 9.55. The van der Waals surface area contributed by atoms with Gasteiger partial charge in [-0.25, -0.2) is 12.8 Å². The van der Waals surface area contributed by atoms with Gasteiger partial charge in [-0.2, -0.15) is 0 Å². The van der Waals surface area contributed by atoms with E-state index in [2.05, 4.69) is 0 Å². The van der Waals surface area contributed by atoms with Crippen LogP contribution in [0.2, 0.25) is 0 Å². The molecule has 0 aliphatic heterocycles. The fraction of sp³-hybridized carbons (Fsp3) is 0. The number of nitro benzene ring substituents is 1. The summed E-state index contributed by atoms with van der Waals surface area (Å²) < 4.78 is 39.5. The molecule has 9 heteroatoms. The van der Waals surface area contributed by atoms with Gasteiger partial charge >= 0.3 is 0 Å². The van der Waals surface area contributed by atoms with E-state index >= 15 is 0 Å². The number of phenols is 1. The van der Waals surface area contributed by atoms with Crippen molar-refractivity contribution in [1.29, 1.82) is 0 Å². The molecular formula is C12H9FN2O5S. The SMILES string of the molecule is O=[N+]([O-])c1ccc(F)c(NS(=O)(=O)c2cccc(O)c2)c1. The number of phenolic OH excluding ortho intramolecular Hbond substituents is 1. The molecule has 2 N–H and O–H groups in total. The Morgan fingerprint density at radius 3 is 2.52 bits per heavy atom. The molecule has 0 spiro atoms. The number of aromatic hydroxyl groups is 1. The normalized spacial score (nSPS) is 11.1. The predicted molar refractivity (Wildman–Crippen MR) is 72.0 cm³/mol. The van der Waals surface area contributed by atoms with Crippen LogP contribution in [0.15, 0.2) is 47.4 Å². The molecular weight excluding hydrogens is 303 g/mol. The van der Waals surface area contributed by atoms with Gasteiger partial charge in [0.1, 0.15) is 11.6 Å². The number of halogens is 1. The topological polar surface area (TPSA) is 110 Å². The van der Waals surface area contributed by atoms with Gasteiger partial charge in [0.05, 0.1) is 15.5 Å². The number of sulfonamides is 1. The first kappa shape index (κ1) is 14.7. The van der Waals surface area contributed by atoms with Crippen molar-refractivity contribution in [2.75, 3.05) is 4.72 Å².